The SMILES string of the molecule is C.C.C.C.CC1CCC(C(C)(C)C2CCC(C)CC2)CC1.CC1CCC(C)CC1.CCC.CCC1CCC(CC)CC1.CCCOCCC.Cc1ccc(C(C)(C)c2ccc(C)cc2)cc1.Cc1ccc(C)cc1. The van der Waals surface area contributed by atoms with Gasteiger partial charge in [0.1, 0.15) is 0 Å². The Kier molecular flexibility index (Phi) is 47.1. The molecule has 74 heavy (non-hydrogen) atoms. The van der Waals surface area contributed by atoms with E-state index in [2.05, 4.69) is 197 Å². The summed E-state index contributed by atoms with van der Waals surface area (Å²) >= 11 is 0. The van der Waals surface area contributed by atoms with Crippen molar-refractivity contribution >= 4 is 0 Å². The first kappa shape index (κ1) is 78.1. The third-order valence-corrected chi connectivity index (χ3v) is 17.0. The van der Waals surface area contributed by atoms with E-state index in [1.807, 2.05) is 0 Å². The zero-order valence-electron chi connectivity index (χ0n) is 50.2. The molecule has 0 heterocycles. The lowest BCUT2D eigenvalue weighted by atomic mass is 9.59. The maximum Gasteiger partial charge on any atom is 0.0463 e. The van der Waals surface area contributed by atoms with Gasteiger partial charge in [-0.05, 0) is 130 Å². The lowest BCUT2D eigenvalue weighted by Crippen LogP contribution is -2.36. The molecule has 3 aromatic rings. The predicted octanol–water partition coefficient (Wildman–Crippen LogP) is 24.8. The highest BCUT2D eigenvalue weighted by atomic mass is 16.5. The summed E-state index contributed by atoms with van der Waals surface area (Å²) in [6.45, 7) is 42.8. The van der Waals surface area contributed by atoms with Crippen LogP contribution in [0.2, 0.25) is 0 Å². The summed E-state index contributed by atoms with van der Waals surface area (Å²) in [5, 5.41) is 0. The first-order valence-electron chi connectivity index (χ1n) is 30.0. The topological polar surface area (TPSA) is 9.23 Å². The van der Waals surface area contributed by atoms with Crippen molar-refractivity contribution in [3.05, 3.63) is 106 Å². The van der Waals surface area contributed by atoms with Gasteiger partial charge in [-0.25, -0.2) is 0 Å². The first-order valence-corrected chi connectivity index (χ1v) is 30.0. The molecule has 0 aliphatic heterocycles. The van der Waals surface area contributed by atoms with Crippen LogP contribution in [0, 0.1) is 80.5 Å². The molecule has 0 atom stereocenters. The normalized spacial score (nSPS) is 22.9. The minimum atomic E-state index is 0. The van der Waals surface area contributed by atoms with Crippen LogP contribution in [0.15, 0.2) is 72.8 Å². The zero-order chi connectivity index (χ0) is 52.5. The molecule has 0 saturated heterocycles. The van der Waals surface area contributed by atoms with Crippen LogP contribution < -0.4 is 0 Å². The van der Waals surface area contributed by atoms with Crippen molar-refractivity contribution in [2.45, 2.75) is 295 Å². The Bertz CT molecular complexity index is 1490. The van der Waals surface area contributed by atoms with Crippen molar-refractivity contribution in [2.24, 2.45) is 52.8 Å². The fourth-order valence-corrected chi connectivity index (χ4v) is 11.0. The summed E-state index contributed by atoms with van der Waals surface area (Å²) in [6, 6.07) is 26.1. The molecule has 4 aliphatic rings. The number of benzene rings is 3. The molecular formula is C73H136O. The van der Waals surface area contributed by atoms with Gasteiger partial charge >= 0.3 is 0 Å². The molecular weight excluding hydrogens is 893 g/mol. The molecule has 4 aliphatic carbocycles. The van der Waals surface area contributed by atoms with Crippen LogP contribution in [0.3, 0.4) is 0 Å². The largest absolute Gasteiger partial charge is 0.381 e. The van der Waals surface area contributed by atoms with E-state index in [1.165, 1.54) is 155 Å². The summed E-state index contributed by atoms with van der Waals surface area (Å²) in [4.78, 5) is 0. The van der Waals surface area contributed by atoms with Gasteiger partial charge in [0.05, 0.1) is 0 Å². The summed E-state index contributed by atoms with van der Waals surface area (Å²) in [6.07, 6.45) is 30.2. The van der Waals surface area contributed by atoms with Crippen LogP contribution in [0.1, 0.15) is 295 Å². The predicted molar refractivity (Wildman–Crippen MR) is 344 cm³/mol. The van der Waals surface area contributed by atoms with E-state index in [9.17, 15) is 0 Å². The second-order valence-corrected chi connectivity index (χ2v) is 24.6. The molecule has 4 saturated carbocycles. The van der Waals surface area contributed by atoms with Gasteiger partial charge in [-0.3, -0.25) is 0 Å². The molecule has 0 spiro atoms. The van der Waals surface area contributed by atoms with Crippen molar-refractivity contribution in [2.75, 3.05) is 13.2 Å². The van der Waals surface area contributed by atoms with E-state index < -0.39 is 0 Å². The van der Waals surface area contributed by atoms with Crippen LogP contribution in [-0.2, 0) is 10.2 Å². The standard InChI is InChI=1S/C17H32.C17H20.C10H20.C8H16.C8H10.C6H14O.C3H8.4CH4/c2*1-13-5-9-15(10-6-13)17(3,4)16-11-7-14(2)8-12-16;1-3-9-5-7-10(4-2)8-6-9;2*1-7-3-5-8(2)6-4-7;1-3-5-7-6-4-2;1-3-2;;;;/h13-16H,5-12H2,1-4H3;5-12H,1-4H3;9-10H,3-8H2,1-2H3;7-8H,3-6H2,1-2H3;3-6H,1-2H3;3-6H2,1-2H3;3H2,1-2H3;4*1H4. The van der Waals surface area contributed by atoms with Gasteiger partial charge in [-0.15, -0.1) is 0 Å². The molecule has 4 fully saturated rings. The highest BCUT2D eigenvalue weighted by molar-refractivity contribution is 5.39. The Labute approximate surface area is 469 Å². The lowest BCUT2D eigenvalue weighted by molar-refractivity contribution is 0.0421. The molecule has 0 aromatic heterocycles. The Morgan fingerprint density at radius 1 is 0.365 bits per heavy atom. The van der Waals surface area contributed by atoms with Crippen molar-refractivity contribution in [1.29, 1.82) is 0 Å². The molecule has 0 amide bonds. The van der Waals surface area contributed by atoms with Crippen LogP contribution in [0.5, 0.6) is 0 Å². The Morgan fingerprint density at radius 3 is 0.797 bits per heavy atom. The highest BCUT2D eigenvalue weighted by Crippen LogP contribution is 2.49. The van der Waals surface area contributed by atoms with Gasteiger partial charge in [-0.2, -0.15) is 0 Å². The fraction of sp³-hybridized carbons (Fsp3) is 0.753. The van der Waals surface area contributed by atoms with E-state index in [1.54, 1.807) is 0 Å². The van der Waals surface area contributed by atoms with E-state index in [0.717, 1.165) is 73.4 Å². The lowest BCUT2D eigenvalue weighted by Gasteiger charge is -2.46. The second-order valence-electron chi connectivity index (χ2n) is 24.6. The Hall–Kier alpha value is -2.38. The van der Waals surface area contributed by atoms with Crippen molar-refractivity contribution in [3.8, 4) is 0 Å². The quantitative estimate of drug-likeness (QED) is 0.184. The van der Waals surface area contributed by atoms with E-state index in [4.69, 9.17) is 4.74 Å². The number of ether oxygens (including phenoxy) is 1. The third-order valence-electron chi connectivity index (χ3n) is 17.0. The minimum absolute atomic E-state index is 0. The van der Waals surface area contributed by atoms with Gasteiger partial charge < -0.3 is 4.74 Å². The van der Waals surface area contributed by atoms with E-state index in [-0.39, 0.29) is 35.1 Å². The third kappa shape index (κ3) is 33.0. The van der Waals surface area contributed by atoms with E-state index in [0.29, 0.717) is 5.41 Å². The summed E-state index contributed by atoms with van der Waals surface area (Å²) < 4.78 is 5.13. The number of aryl methyl sites for hydroxylation is 4. The summed E-state index contributed by atoms with van der Waals surface area (Å²) in [7, 11) is 0. The van der Waals surface area contributed by atoms with Crippen molar-refractivity contribution in [3.63, 3.8) is 0 Å². The number of hydrogen-bond acceptors (Lipinski definition) is 1. The molecule has 1 nitrogen and oxygen atoms in total. The molecule has 0 bridgehead atoms. The summed E-state index contributed by atoms with van der Waals surface area (Å²) in [5.74, 6) is 8.19. The molecule has 0 N–H and O–H groups in total. The fourth-order valence-electron chi connectivity index (χ4n) is 11.0. The van der Waals surface area contributed by atoms with Gasteiger partial charge in [-0.1, -0.05) is 318 Å². The van der Waals surface area contributed by atoms with Gasteiger partial charge in [0.2, 0.25) is 0 Å². The molecule has 0 radical (unpaired) electrons. The summed E-state index contributed by atoms with van der Waals surface area (Å²) in [5.41, 5.74) is 8.70. The first-order chi connectivity index (χ1) is 33.3. The molecule has 7 rings (SSSR count). The number of hydrogen-bond donors (Lipinski definition) is 0. The van der Waals surface area contributed by atoms with Gasteiger partial charge in [0.25, 0.3) is 0 Å². The number of rotatable bonds is 10. The molecule has 3 aromatic carbocycles. The average molecular weight is 1030 g/mol. The average Bonchev–Trinajstić information content (AvgIpc) is 3.35. The Balaban J connectivity index is -0.000000402. The van der Waals surface area contributed by atoms with Crippen molar-refractivity contribution in [1.82, 2.24) is 0 Å². The smallest absolute Gasteiger partial charge is 0.0463 e. The van der Waals surface area contributed by atoms with Gasteiger partial charge in [0.15, 0.2) is 0 Å². The highest BCUT2D eigenvalue weighted by Gasteiger charge is 2.39. The molecule has 1 heteroatoms. The van der Waals surface area contributed by atoms with Crippen LogP contribution in [0.4, 0.5) is 0 Å². The Morgan fingerprint density at radius 2 is 0.581 bits per heavy atom. The van der Waals surface area contributed by atoms with Crippen LogP contribution >= 0.6 is 0 Å². The maximum absolute atomic E-state index is 5.13. The monoisotopic (exact) mass is 1030 g/mol. The molecule has 0 unspecified atom stereocenters. The zero-order valence-corrected chi connectivity index (χ0v) is 50.2. The maximum atomic E-state index is 5.13. The minimum Gasteiger partial charge on any atom is -0.381 e. The molecule has 434 valence electrons. The van der Waals surface area contributed by atoms with Crippen molar-refractivity contribution < 1.29 is 4.74 Å². The van der Waals surface area contributed by atoms with Crippen LogP contribution in [-0.4, -0.2) is 13.2 Å². The van der Waals surface area contributed by atoms with Crippen LogP contribution in [0.25, 0.3) is 0 Å². The van der Waals surface area contributed by atoms with E-state index >= 15 is 0 Å². The second kappa shape index (κ2) is 44.6. The van der Waals surface area contributed by atoms with Gasteiger partial charge in [0, 0.05) is 18.6 Å².